The summed E-state index contributed by atoms with van der Waals surface area (Å²) < 4.78 is 42.4. The van der Waals surface area contributed by atoms with Crippen LogP contribution in [0.1, 0.15) is 5.82 Å². The summed E-state index contributed by atoms with van der Waals surface area (Å²) in [5.74, 6) is 0.494. The number of ether oxygens (including phenoxy) is 1. The lowest BCUT2D eigenvalue weighted by Crippen LogP contribution is -2.13. The van der Waals surface area contributed by atoms with Gasteiger partial charge in [0.1, 0.15) is 24.0 Å². The van der Waals surface area contributed by atoms with Gasteiger partial charge in [0, 0.05) is 24.0 Å². The van der Waals surface area contributed by atoms with Crippen LogP contribution >= 0.6 is 0 Å². The molecule has 3 aromatic rings. The van der Waals surface area contributed by atoms with E-state index in [0.717, 1.165) is 0 Å². The second-order valence-corrected chi connectivity index (χ2v) is 7.33. The topological polar surface area (TPSA) is 98.1 Å². The average Bonchev–Trinajstić information content (AvgIpc) is 2.78. The molecule has 8 heteroatoms. The minimum Gasteiger partial charge on any atom is -0.486 e. The second kappa shape index (κ2) is 8.64. The minimum atomic E-state index is -3.87. The van der Waals surface area contributed by atoms with Gasteiger partial charge in [0.05, 0.1) is 4.90 Å². The molecule has 0 atom stereocenters. The Balaban J connectivity index is 1.90. The van der Waals surface area contributed by atoms with Crippen LogP contribution in [0, 0.1) is 5.82 Å². The third kappa shape index (κ3) is 5.15. The van der Waals surface area contributed by atoms with Crippen LogP contribution in [0.15, 0.2) is 84.0 Å². The first-order valence-corrected chi connectivity index (χ1v) is 9.85. The Hall–Kier alpha value is -3.23. The number of nitrogens with two attached hydrogens (primary N) is 1. The Morgan fingerprint density at radius 3 is 2.64 bits per heavy atom. The van der Waals surface area contributed by atoms with Crippen LogP contribution in [-0.2, 0) is 16.6 Å². The molecule has 0 aliphatic carbocycles. The molecule has 0 aliphatic heterocycles. The summed E-state index contributed by atoms with van der Waals surface area (Å²) in [6.45, 7) is 0.0984. The van der Waals surface area contributed by atoms with E-state index in [9.17, 15) is 12.8 Å². The van der Waals surface area contributed by atoms with Crippen molar-refractivity contribution >= 4 is 10.0 Å². The maximum absolute atomic E-state index is 13.2. The third-order valence-electron chi connectivity index (χ3n) is 3.78. The Bertz CT molecular complexity index is 1130. The third-order valence-corrected chi connectivity index (χ3v) is 4.75. The SMILES string of the molecule is NS(=O)(=O)c1ccccc1-c1ccc[nH]c(COc2cccc(F)c2)ncc1. The van der Waals surface area contributed by atoms with Gasteiger partial charge >= 0.3 is 0 Å². The molecule has 0 bridgehead atoms. The van der Waals surface area contributed by atoms with Gasteiger partial charge in [-0.25, -0.2) is 22.9 Å². The first-order valence-electron chi connectivity index (χ1n) is 8.31. The summed E-state index contributed by atoms with van der Waals surface area (Å²) in [7, 11) is -3.87. The lowest BCUT2D eigenvalue weighted by atomic mass is 10.1. The molecule has 0 spiro atoms. The normalized spacial score (nSPS) is 10.9. The highest BCUT2D eigenvalue weighted by Gasteiger charge is 2.13. The maximum Gasteiger partial charge on any atom is 0.238 e. The summed E-state index contributed by atoms with van der Waals surface area (Å²) in [5.41, 5.74) is 1.10. The molecule has 3 N–H and O–H groups in total. The molecule has 0 saturated carbocycles. The first-order chi connectivity index (χ1) is 13.4. The van der Waals surface area contributed by atoms with E-state index in [2.05, 4.69) is 9.97 Å². The highest BCUT2D eigenvalue weighted by atomic mass is 32.2. The number of H-pyrrole nitrogens is 1. The van der Waals surface area contributed by atoms with Crippen LogP contribution in [0.3, 0.4) is 0 Å². The van der Waals surface area contributed by atoms with Gasteiger partial charge in [0.15, 0.2) is 0 Å². The molecule has 2 aromatic carbocycles. The van der Waals surface area contributed by atoms with E-state index in [1.807, 2.05) is 0 Å². The second-order valence-electron chi connectivity index (χ2n) is 5.80. The molecule has 6 nitrogen and oxygen atoms in total. The van der Waals surface area contributed by atoms with Crippen molar-refractivity contribution in [2.45, 2.75) is 11.5 Å². The molecule has 28 heavy (non-hydrogen) atoms. The van der Waals surface area contributed by atoms with Crippen LogP contribution in [0.5, 0.6) is 5.75 Å². The van der Waals surface area contributed by atoms with E-state index in [1.165, 1.54) is 24.4 Å². The first kappa shape index (κ1) is 19.5. The largest absolute Gasteiger partial charge is 0.486 e. The quantitative estimate of drug-likeness (QED) is 0.685. The number of hydrogen-bond acceptors (Lipinski definition) is 4. The zero-order chi connectivity index (χ0) is 20.0. The summed E-state index contributed by atoms with van der Waals surface area (Å²) in [5, 5.41) is 5.31. The van der Waals surface area contributed by atoms with Gasteiger partial charge in [0.25, 0.3) is 0 Å². The van der Waals surface area contributed by atoms with Crippen LogP contribution in [0.4, 0.5) is 4.39 Å². The van der Waals surface area contributed by atoms with Gasteiger partial charge in [-0.2, -0.15) is 0 Å². The number of benzene rings is 2. The number of rotatable bonds is 5. The maximum atomic E-state index is 13.2. The van der Waals surface area contributed by atoms with E-state index in [1.54, 1.807) is 54.7 Å². The number of primary sulfonamides is 1. The van der Waals surface area contributed by atoms with Crippen molar-refractivity contribution in [3.8, 4) is 16.9 Å². The number of sulfonamides is 1. The molecule has 1 heterocycles. The average molecular weight is 399 g/mol. The smallest absolute Gasteiger partial charge is 0.238 e. The predicted octanol–water partition coefficient (Wildman–Crippen LogP) is 3.57. The Labute approximate surface area is 162 Å². The summed E-state index contributed by atoms with van der Waals surface area (Å²) >= 11 is 0. The number of nitrogens with zero attached hydrogens (tertiary/aromatic N) is 1. The molecule has 0 saturated heterocycles. The molecular formula is C20H18FN3O3S. The van der Waals surface area contributed by atoms with Crippen molar-refractivity contribution in [2.75, 3.05) is 0 Å². The number of aromatic amines is 1. The van der Waals surface area contributed by atoms with Gasteiger partial charge in [-0.1, -0.05) is 30.3 Å². The fourth-order valence-electron chi connectivity index (χ4n) is 2.52. The van der Waals surface area contributed by atoms with Crippen LogP contribution in [0.2, 0.25) is 0 Å². The van der Waals surface area contributed by atoms with Crippen molar-refractivity contribution in [3.63, 3.8) is 0 Å². The van der Waals surface area contributed by atoms with Gasteiger partial charge in [0.2, 0.25) is 10.0 Å². The van der Waals surface area contributed by atoms with Crippen molar-refractivity contribution in [2.24, 2.45) is 5.14 Å². The molecule has 0 aliphatic rings. The molecule has 0 amide bonds. The number of nitrogens with one attached hydrogen (secondary N) is 1. The summed E-state index contributed by atoms with van der Waals surface area (Å²) in [4.78, 5) is 7.29. The number of hydrogen-bond donors (Lipinski definition) is 2. The van der Waals surface area contributed by atoms with Gasteiger partial charge in [-0.05, 0) is 35.9 Å². The van der Waals surface area contributed by atoms with Crippen molar-refractivity contribution < 1.29 is 17.5 Å². The van der Waals surface area contributed by atoms with E-state index >= 15 is 0 Å². The fraction of sp³-hybridized carbons (Fsp3) is 0.0500. The molecule has 3 rings (SSSR count). The molecule has 0 fully saturated rings. The molecule has 0 radical (unpaired) electrons. The molecule has 144 valence electrons. The van der Waals surface area contributed by atoms with Crippen LogP contribution < -0.4 is 9.88 Å². The fourth-order valence-corrected chi connectivity index (χ4v) is 3.28. The predicted molar refractivity (Wildman–Crippen MR) is 104 cm³/mol. The van der Waals surface area contributed by atoms with Crippen LogP contribution in [0.25, 0.3) is 11.1 Å². The highest BCUT2D eigenvalue weighted by Crippen LogP contribution is 2.25. The molecule has 0 unspecified atom stereocenters. The summed E-state index contributed by atoms with van der Waals surface area (Å²) in [6.07, 6.45) is 3.16. The van der Waals surface area contributed by atoms with Gasteiger partial charge < -0.3 is 9.72 Å². The highest BCUT2D eigenvalue weighted by molar-refractivity contribution is 7.89. The number of halogens is 1. The van der Waals surface area contributed by atoms with Crippen molar-refractivity contribution in [1.29, 1.82) is 0 Å². The molecule has 1 aromatic heterocycles. The van der Waals surface area contributed by atoms with E-state index in [-0.39, 0.29) is 17.3 Å². The van der Waals surface area contributed by atoms with Crippen molar-refractivity contribution in [1.82, 2.24) is 9.97 Å². The number of aromatic nitrogens is 2. The molecular weight excluding hydrogens is 381 g/mol. The van der Waals surface area contributed by atoms with Crippen molar-refractivity contribution in [3.05, 3.63) is 90.8 Å². The lowest BCUT2D eigenvalue weighted by molar-refractivity contribution is 0.294. The van der Waals surface area contributed by atoms with Crippen LogP contribution in [-0.4, -0.2) is 18.4 Å². The van der Waals surface area contributed by atoms with E-state index in [4.69, 9.17) is 9.88 Å². The standard InChI is InChI=1S/C20H18FN3O3S/c21-16-6-3-7-17(13-16)27-14-20-23-11-4-5-15(10-12-24-20)18-8-1-2-9-19(18)28(22,25)26/h1-13H,14H2,(H,23,24)(H2,22,25,26). The monoisotopic (exact) mass is 399 g/mol. The zero-order valence-electron chi connectivity index (χ0n) is 14.7. The zero-order valence-corrected chi connectivity index (χ0v) is 15.6. The van der Waals surface area contributed by atoms with Gasteiger partial charge in [-0.15, -0.1) is 0 Å². The van der Waals surface area contributed by atoms with E-state index < -0.39 is 10.0 Å². The Kier molecular flexibility index (Phi) is 6.03. The Morgan fingerprint density at radius 1 is 1.04 bits per heavy atom. The summed E-state index contributed by atoms with van der Waals surface area (Å²) in [6, 6.07) is 17.4. The lowest BCUT2D eigenvalue weighted by Gasteiger charge is -2.06. The van der Waals surface area contributed by atoms with E-state index in [0.29, 0.717) is 22.7 Å². The van der Waals surface area contributed by atoms with Gasteiger partial charge in [-0.3, -0.25) is 0 Å². The minimum absolute atomic E-state index is 0.0325. The Morgan fingerprint density at radius 2 is 1.86 bits per heavy atom.